The lowest BCUT2D eigenvalue weighted by Gasteiger charge is -2.36. The summed E-state index contributed by atoms with van der Waals surface area (Å²) in [7, 11) is 0. The standard InChI is InChI=1S/C13H27N/c1-6-9-13(4,5)12(3)11(2)8-7-10-14/h10-12,14H,6-9H2,1-5H3. The molecule has 84 valence electrons. The van der Waals surface area contributed by atoms with E-state index in [4.69, 9.17) is 5.41 Å². The summed E-state index contributed by atoms with van der Waals surface area (Å²) in [6, 6.07) is 0. The molecule has 0 fully saturated rings. The van der Waals surface area contributed by atoms with E-state index in [1.807, 2.05) is 0 Å². The van der Waals surface area contributed by atoms with Crippen LogP contribution in [0.1, 0.15) is 60.3 Å². The van der Waals surface area contributed by atoms with Crippen molar-refractivity contribution in [3.8, 4) is 0 Å². The summed E-state index contributed by atoms with van der Waals surface area (Å²) in [4.78, 5) is 0. The van der Waals surface area contributed by atoms with Crippen molar-refractivity contribution in [3.05, 3.63) is 0 Å². The van der Waals surface area contributed by atoms with Crippen molar-refractivity contribution in [2.45, 2.75) is 60.3 Å². The van der Waals surface area contributed by atoms with Crippen LogP contribution in [0.5, 0.6) is 0 Å². The molecule has 1 N–H and O–H groups in total. The third-order valence-electron chi connectivity index (χ3n) is 3.75. The summed E-state index contributed by atoms with van der Waals surface area (Å²) in [6.45, 7) is 11.7. The van der Waals surface area contributed by atoms with Crippen LogP contribution in [0.3, 0.4) is 0 Å². The fourth-order valence-corrected chi connectivity index (χ4v) is 2.24. The molecule has 0 saturated heterocycles. The van der Waals surface area contributed by atoms with Crippen LogP contribution in [0.4, 0.5) is 0 Å². The van der Waals surface area contributed by atoms with E-state index in [1.54, 1.807) is 0 Å². The van der Waals surface area contributed by atoms with Crippen LogP contribution in [0, 0.1) is 22.7 Å². The third kappa shape index (κ3) is 4.26. The van der Waals surface area contributed by atoms with E-state index < -0.39 is 0 Å². The molecule has 0 aliphatic rings. The minimum atomic E-state index is 0.455. The summed E-state index contributed by atoms with van der Waals surface area (Å²) in [6.07, 6.45) is 6.22. The molecule has 0 bridgehead atoms. The van der Waals surface area contributed by atoms with Gasteiger partial charge in [-0.15, -0.1) is 0 Å². The lowest BCUT2D eigenvalue weighted by atomic mass is 9.70. The van der Waals surface area contributed by atoms with Crippen molar-refractivity contribution in [1.82, 2.24) is 0 Å². The number of nitrogens with one attached hydrogen (secondary N) is 1. The maximum absolute atomic E-state index is 7.05. The van der Waals surface area contributed by atoms with E-state index in [0.29, 0.717) is 5.41 Å². The van der Waals surface area contributed by atoms with Gasteiger partial charge in [0.1, 0.15) is 0 Å². The first-order valence-corrected chi connectivity index (χ1v) is 5.94. The predicted molar refractivity (Wildman–Crippen MR) is 65.0 cm³/mol. The summed E-state index contributed by atoms with van der Waals surface area (Å²) in [5.74, 6) is 1.49. The Morgan fingerprint density at radius 3 is 2.29 bits per heavy atom. The van der Waals surface area contributed by atoms with Crippen molar-refractivity contribution in [2.24, 2.45) is 17.3 Å². The first-order chi connectivity index (χ1) is 6.45. The van der Waals surface area contributed by atoms with Crippen LogP contribution in [0.25, 0.3) is 0 Å². The monoisotopic (exact) mass is 197 g/mol. The van der Waals surface area contributed by atoms with Crippen LogP contribution < -0.4 is 0 Å². The van der Waals surface area contributed by atoms with Crippen LogP contribution in [0.15, 0.2) is 0 Å². The second kappa shape index (κ2) is 6.21. The Morgan fingerprint density at radius 1 is 1.29 bits per heavy atom. The Kier molecular flexibility index (Phi) is 6.06. The molecular weight excluding hydrogens is 170 g/mol. The summed E-state index contributed by atoms with van der Waals surface area (Å²) < 4.78 is 0. The fraction of sp³-hybridized carbons (Fsp3) is 0.923. The zero-order chi connectivity index (χ0) is 11.2. The lowest BCUT2D eigenvalue weighted by Crippen LogP contribution is -2.27. The summed E-state index contributed by atoms with van der Waals surface area (Å²) in [5, 5.41) is 7.05. The van der Waals surface area contributed by atoms with Gasteiger partial charge in [0.25, 0.3) is 0 Å². The van der Waals surface area contributed by atoms with Crippen LogP contribution >= 0.6 is 0 Å². The van der Waals surface area contributed by atoms with Crippen molar-refractivity contribution in [1.29, 1.82) is 5.41 Å². The highest BCUT2D eigenvalue weighted by molar-refractivity contribution is 5.52. The molecule has 2 unspecified atom stereocenters. The van der Waals surface area contributed by atoms with E-state index in [2.05, 4.69) is 34.6 Å². The molecule has 0 heterocycles. The van der Waals surface area contributed by atoms with Gasteiger partial charge < -0.3 is 5.41 Å². The lowest BCUT2D eigenvalue weighted by molar-refractivity contribution is 0.146. The molecule has 0 amide bonds. The fourth-order valence-electron chi connectivity index (χ4n) is 2.24. The van der Waals surface area contributed by atoms with Crippen LogP contribution in [0.2, 0.25) is 0 Å². The minimum Gasteiger partial charge on any atom is -0.313 e. The number of hydrogen-bond acceptors (Lipinski definition) is 1. The number of hydrogen-bond donors (Lipinski definition) is 1. The average molecular weight is 197 g/mol. The first kappa shape index (κ1) is 13.7. The molecule has 0 aliphatic carbocycles. The van der Waals surface area contributed by atoms with Gasteiger partial charge in [-0.25, -0.2) is 0 Å². The Balaban J connectivity index is 4.13. The van der Waals surface area contributed by atoms with Gasteiger partial charge in [0, 0.05) is 0 Å². The predicted octanol–water partition coefficient (Wildman–Crippen LogP) is 4.51. The van der Waals surface area contributed by atoms with Gasteiger partial charge in [0.2, 0.25) is 0 Å². The highest BCUT2D eigenvalue weighted by Crippen LogP contribution is 2.37. The largest absolute Gasteiger partial charge is 0.313 e. The molecule has 14 heavy (non-hydrogen) atoms. The molecule has 0 radical (unpaired) electrons. The Bertz CT molecular complexity index is 161. The van der Waals surface area contributed by atoms with Crippen molar-refractivity contribution < 1.29 is 0 Å². The first-order valence-electron chi connectivity index (χ1n) is 5.94. The molecule has 1 heteroatoms. The summed E-state index contributed by atoms with van der Waals surface area (Å²) >= 11 is 0. The SMILES string of the molecule is CCCC(C)(C)C(C)C(C)CCC=N. The van der Waals surface area contributed by atoms with Gasteiger partial charge >= 0.3 is 0 Å². The molecular formula is C13H27N. The molecule has 0 aromatic rings. The van der Waals surface area contributed by atoms with Gasteiger partial charge in [-0.1, -0.05) is 41.0 Å². The smallest absolute Gasteiger partial charge is 0.00476 e. The maximum Gasteiger partial charge on any atom is -0.00476 e. The molecule has 0 aromatic heterocycles. The molecule has 0 rings (SSSR count). The summed E-state index contributed by atoms with van der Waals surface area (Å²) in [5.41, 5.74) is 0.455. The second-order valence-corrected chi connectivity index (χ2v) is 5.29. The quantitative estimate of drug-likeness (QED) is 0.580. The van der Waals surface area contributed by atoms with Crippen molar-refractivity contribution in [2.75, 3.05) is 0 Å². The van der Waals surface area contributed by atoms with Gasteiger partial charge in [0.05, 0.1) is 0 Å². The van der Waals surface area contributed by atoms with Crippen molar-refractivity contribution in [3.63, 3.8) is 0 Å². The Hall–Kier alpha value is -0.330. The zero-order valence-corrected chi connectivity index (χ0v) is 10.6. The second-order valence-electron chi connectivity index (χ2n) is 5.29. The van der Waals surface area contributed by atoms with Crippen molar-refractivity contribution >= 4 is 6.21 Å². The Labute approximate surface area is 89.8 Å². The minimum absolute atomic E-state index is 0.455. The molecule has 0 saturated carbocycles. The van der Waals surface area contributed by atoms with E-state index >= 15 is 0 Å². The highest BCUT2D eigenvalue weighted by atomic mass is 14.4. The van der Waals surface area contributed by atoms with Gasteiger partial charge in [-0.3, -0.25) is 0 Å². The van der Waals surface area contributed by atoms with E-state index in [1.165, 1.54) is 19.1 Å². The highest BCUT2D eigenvalue weighted by Gasteiger charge is 2.28. The average Bonchev–Trinajstić information content (AvgIpc) is 2.12. The van der Waals surface area contributed by atoms with Gasteiger partial charge in [0.15, 0.2) is 0 Å². The van der Waals surface area contributed by atoms with Crippen LogP contribution in [-0.2, 0) is 0 Å². The zero-order valence-electron chi connectivity index (χ0n) is 10.6. The molecule has 0 spiro atoms. The van der Waals surface area contributed by atoms with Crippen LogP contribution in [-0.4, -0.2) is 6.21 Å². The Morgan fingerprint density at radius 2 is 1.86 bits per heavy atom. The molecule has 0 aliphatic heterocycles. The molecule has 2 atom stereocenters. The number of rotatable bonds is 7. The molecule has 0 aromatic carbocycles. The third-order valence-corrected chi connectivity index (χ3v) is 3.75. The normalized spacial score (nSPS) is 16.4. The van der Waals surface area contributed by atoms with E-state index in [9.17, 15) is 0 Å². The maximum atomic E-state index is 7.05. The topological polar surface area (TPSA) is 23.9 Å². The molecule has 1 nitrogen and oxygen atoms in total. The van der Waals surface area contributed by atoms with E-state index in [0.717, 1.165) is 24.7 Å². The van der Waals surface area contributed by atoms with Gasteiger partial charge in [-0.2, -0.15) is 0 Å². The van der Waals surface area contributed by atoms with Gasteiger partial charge in [-0.05, 0) is 42.7 Å². The van der Waals surface area contributed by atoms with E-state index in [-0.39, 0.29) is 0 Å².